The Labute approximate surface area is 237 Å². The quantitative estimate of drug-likeness (QED) is 0.211. The predicted molar refractivity (Wildman–Crippen MR) is 162 cm³/mol. The second-order valence-electron chi connectivity index (χ2n) is 14.1. The fraction of sp³-hybridized carbons (Fsp3) is 0.688. The maximum Gasteiger partial charge on any atom is 0.156 e. The highest BCUT2D eigenvalue weighted by Gasteiger charge is 2.47. The van der Waals surface area contributed by atoms with Crippen LogP contribution in [0.5, 0.6) is 11.5 Å². The molecule has 4 rings (SSSR count). The molecule has 0 saturated heterocycles. The van der Waals surface area contributed by atoms with E-state index in [9.17, 15) is 5.11 Å². The Morgan fingerprint density at radius 2 is 1.95 bits per heavy atom. The van der Waals surface area contributed by atoms with E-state index in [0.717, 1.165) is 54.6 Å². The summed E-state index contributed by atoms with van der Waals surface area (Å²) in [6.45, 7) is 19.5. The Bertz CT molecular complexity index is 1160. The van der Waals surface area contributed by atoms with Crippen molar-refractivity contribution in [3.8, 4) is 11.5 Å². The van der Waals surface area contributed by atoms with Crippen LogP contribution in [-0.4, -0.2) is 40.2 Å². The molecule has 1 aliphatic heterocycles. The summed E-state index contributed by atoms with van der Waals surface area (Å²) in [5.41, 5.74) is 2.93. The van der Waals surface area contributed by atoms with Gasteiger partial charge < -0.3 is 14.6 Å². The van der Waals surface area contributed by atoms with Crippen LogP contribution in [0.4, 0.5) is 0 Å². The van der Waals surface area contributed by atoms with E-state index in [-0.39, 0.29) is 22.9 Å². The van der Waals surface area contributed by atoms with Crippen molar-refractivity contribution in [1.82, 2.24) is 14.8 Å². The Hall–Kier alpha value is -2.12. The normalized spacial score (nSPS) is 20.7. The van der Waals surface area contributed by atoms with Gasteiger partial charge in [0.15, 0.2) is 5.82 Å². The van der Waals surface area contributed by atoms with Crippen LogP contribution in [-0.2, 0) is 16.9 Å². The lowest BCUT2D eigenvalue weighted by Crippen LogP contribution is -2.45. The molecular weight excluding hydrogens is 502 g/mol. The number of allylic oxidation sites excluding steroid dienone is 2. The van der Waals surface area contributed by atoms with Crippen molar-refractivity contribution in [1.29, 1.82) is 0 Å². The van der Waals surface area contributed by atoms with Gasteiger partial charge in [-0.15, -0.1) is 0 Å². The summed E-state index contributed by atoms with van der Waals surface area (Å²) in [5, 5.41) is 15.9. The van der Waals surface area contributed by atoms with Gasteiger partial charge in [0.25, 0.3) is 0 Å². The van der Waals surface area contributed by atoms with Crippen molar-refractivity contribution in [2.45, 2.75) is 129 Å². The summed E-state index contributed by atoms with van der Waals surface area (Å²) < 4.78 is 14.5. The zero-order chi connectivity index (χ0) is 28.4. The number of rotatable bonds is 12. The number of phenols is 1. The van der Waals surface area contributed by atoms with Gasteiger partial charge in [-0.1, -0.05) is 72.2 Å². The number of benzene rings is 1. The van der Waals surface area contributed by atoms with Gasteiger partial charge in [-0.3, -0.25) is 0 Å². The molecule has 0 spiro atoms. The van der Waals surface area contributed by atoms with E-state index in [1.54, 1.807) is 6.33 Å². The Morgan fingerprint density at radius 1 is 1.18 bits per heavy atom. The van der Waals surface area contributed by atoms with Gasteiger partial charge in [-0.25, -0.2) is 9.67 Å². The van der Waals surface area contributed by atoms with E-state index in [1.165, 1.54) is 31.3 Å². The molecule has 2 aliphatic rings. The number of hydrogen-bond acceptors (Lipinski definition) is 5. The number of ether oxygens (including phenoxy) is 2. The Kier molecular flexibility index (Phi) is 9.01. The van der Waals surface area contributed by atoms with E-state index in [1.807, 2.05) is 10.7 Å². The van der Waals surface area contributed by atoms with Crippen molar-refractivity contribution in [2.24, 2.45) is 5.92 Å². The van der Waals surface area contributed by atoms with Crippen LogP contribution in [0.2, 0.25) is 25.7 Å². The van der Waals surface area contributed by atoms with Gasteiger partial charge in [0.2, 0.25) is 0 Å². The van der Waals surface area contributed by atoms with Gasteiger partial charge >= 0.3 is 0 Å². The first-order valence-electron chi connectivity index (χ1n) is 15.0. The molecule has 0 saturated carbocycles. The summed E-state index contributed by atoms with van der Waals surface area (Å²) in [6.07, 6.45) is 11.7. The van der Waals surface area contributed by atoms with Crippen LogP contribution in [0.1, 0.15) is 102 Å². The number of hydrogen-bond donors (Lipinski definition) is 1. The molecule has 6 nitrogen and oxygen atoms in total. The number of aromatic hydroxyl groups is 1. The monoisotopic (exact) mass is 553 g/mol. The van der Waals surface area contributed by atoms with Gasteiger partial charge in [0.05, 0.1) is 0 Å². The second-order valence-corrected chi connectivity index (χ2v) is 19.7. The van der Waals surface area contributed by atoms with Crippen LogP contribution < -0.4 is 4.74 Å². The predicted octanol–water partition coefficient (Wildman–Crippen LogP) is 8.29. The maximum absolute atomic E-state index is 11.5. The van der Waals surface area contributed by atoms with Crippen molar-refractivity contribution in [3.63, 3.8) is 0 Å². The van der Waals surface area contributed by atoms with Crippen LogP contribution in [0, 0.1) is 5.92 Å². The van der Waals surface area contributed by atoms with Crippen molar-refractivity contribution in [3.05, 3.63) is 41.5 Å². The van der Waals surface area contributed by atoms with E-state index in [4.69, 9.17) is 9.47 Å². The largest absolute Gasteiger partial charge is 0.508 e. The average Bonchev–Trinajstić information content (AvgIpc) is 3.31. The minimum atomic E-state index is -1.14. The van der Waals surface area contributed by atoms with Gasteiger partial charge in [-0.2, -0.15) is 5.10 Å². The molecule has 2 atom stereocenters. The molecule has 0 amide bonds. The summed E-state index contributed by atoms with van der Waals surface area (Å²) >= 11 is 0. The Balaban J connectivity index is 1.56. The number of fused-ring (bicyclic) bond motifs is 3. The molecule has 0 fully saturated rings. The van der Waals surface area contributed by atoms with Gasteiger partial charge in [-0.05, 0) is 67.8 Å². The molecule has 2 heterocycles. The van der Waals surface area contributed by atoms with Crippen LogP contribution in [0.25, 0.3) is 5.57 Å². The third-order valence-electron chi connectivity index (χ3n) is 8.85. The highest BCUT2D eigenvalue weighted by molar-refractivity contribution is 6.76. The Morgan fingerprint density at radius 3 is 2.67 bits per heavy atom. The number of aromatic nitrogens is 3. The third kappa shape index (κ3) is 6.97. The summed E-state index contributed by atoms with van der Waals surface area (Å²) in [4.78, 5) is 4.63. The highest BCUT2D eigenvalue weighted by atomic mass is 28.3. The standard InChI is InChI=1S/C32H51N3O3Si/c1-9-10-11-12-15-31(2,3)24-19-27(36)29-25-18-23(13-14-26(25)32(4,5)38-28(29)20-24)30-33-21-34-35(30)22-37-16-17-39(6,7)8/h13,19-21,25-26,36H,9-12,14-18,22H2,1-8H3/t25-,26-/m1/s1. The molecule has 2 aromatic rings. The molecule has 1 aliphatic carbocycles. The molecule has 1 aromatic carbocycles. The maximum atomic E-state index is 11.5. The minimum Gasteiger partial charge on any atom is -0.508 e. The average molecular weight is 554 g/mol. The molecule has 7 heteroatoms. The van der Waals surface area contributed by atoms with Crippen LogP contribution in [0.3, 0.4) is 0 Å². The first kappa shape index (κ1) is 29.8. The topological polar surface area (TPSA) is 69.4 Å². The summed E-state index contributed by atoms with van der Waals surface area (Å²) in [6, 6.07) is 5.34. The number of nitrogens with zero attached hydrogens (tertiary/aromatic N) is 3. The summed E-state index contributed by atoms with van der Waals surface area (Å²) in [7, 11) is -1.14. The SMILES string of the molecule is CCCCCCC(C)(C)c1cc(O)c2c(c1)OC(C)(C)[C@@H]1CC=C(c3ncnn3COCC[Si](C)(C)C)C[C@@H]21. The lowest BCUT2D eigenvalue weighted by molar-refractivity contribution is 0.00895. The van der Waals surface area contributed by atoms with Gasteiger partial charge in [0, 0.05) is 32.1 Å². The molecule has 1 N–H and O–H groups in total. The number of phenolic OH excluding ortho intramolecular Hbond substituents is 1. The molecule has 216 valence electrons. The van der Waals surface area contributed by atoms with Crippen LogP contribution in [0.15, 0.2) is 24.5 Å². The number of unbranched alkanes of at least 4 members (excludes halogenated alkanes) is 3. The molecule has 0 unspecified atom stereocenters. The highest BCUT2D eigenvalue weighted by Crippen LogP contribution is 2.56. The van der Waals surface area contributed by atoms with E-state index < -0.39 is 8.07 Å². The summed E-state index contributed by atoms with van der Waals surface area (Å²) in [5.74, 6) is 2.51. The smallest absolute Gasteiger partial charge is 0.156 e. The molecule has 0 radical (unpaired) electrons. The van der Waals surface area contributed by atoms with Gasteiger partial charge in [0.1, 0.15) is 30.2 Å². The first-order chi connectivity index (χ1) is 18.3. The van der Waals surface area contributed by atoms with Crippen LogP contribution >= 0.6 is 0 Å². The fourth-order valence-corrected chi connectivity index (χ4v) is 7.00. The van der Waals surface area contributed by atoms with E-state index in [0.29, 0.717) is 12.5 Å². The van der Waals surface area contributed by atoms with Crippen molar-refractivity contribution < 1.29 is 14.6 Å². The lowest BCUT2D eigenvalue weighted by atomic mass is 9.66. The minimum absolute atomic E-state index is 0.0197. The molecular formula is C32H51N3O3Si. The second kappa shape index (κ2) is 11.8. The van der Waals surface area contributed by atoms with Crippen molar-refractivity contribution in [2.75, 3.05) is 6.61 Å². The zero-order valence-electron chi connectivity index (χ0n) is 25.6. The van der Waals surface area contributed by atoms with Crippen molar-refractivity contribution >= 4 is 13.6 Å². The molecule has 0 bridgehead atoms. The fourth-order valence-electron chi connectivity index (χ4n) is 6.24. The first-order valence-corrected chi connectivity index (χ1v) is 18.7. The van der Waals surface area contributed by atoms with E-state index >= 15 is 0 Å². The third-order valence-corrected chi connectivity index (χ3v) is 10.6. The zero-order valence-corrected chi connectivity index (χ0v) is 26.6. The molecule has 1 aromatic heterocycles. The molecule has 39 heavy (non-hydrogen) atoms. The van der Waals surface area contributed by atoms with E-state index in [2.05, 4.69) is 76.5 Å². The lowest BCUT2D eigenvalue weighted by Gasteiger charge is -2.47.